The molecule has 0 radical (unpaired) electrons. The molecule has 0 nitrogen and oxygen atoms in total. The summed E-state index contributed by atoms with van der Waals surface area (Å²) in [6.07, 6.45) is 18.5. The molecule has 0 N–H and O–H groups in total. The fourth-order valence-electron chi connectivity index (χ4n) is 5.54. The van der Waals surface area contributed by atoms with E-state index in [9.17, 15) is 0 Å². The Balaban J connectivity index is 1.23. The number of benzene rings is 2. The minimum absolute atomic E-state index is 0.864. The molecule has 0 heterocycles. The number of hydrogen-bond acceptors (Lipinski definition) is 0. The standard InChI is InChI=1S/2C13H13.Hf/c2*1-2-5-11-9-13-7-3-6-12(13)8-10(11)4-1;/h2*6,8-9H,1-2,4-5,7H2;. The van der Waals surface area contributed by atoms with Gasteiger partial charge in [-0.1, -0.05) is 0 Å². The average Bonchev–Trinajstić information content (AvgIpc) is 3.25. The van der Waals surface area contributed by atoms with Crippen molar-refractivity contribution in [3.05, 3.63) is 75.4 Å². The third kappa shape index (κ3) is 3.07. The summed E-state index contributed by atoms with van der Waals surface area (Å²) < 4.78 is 3.63. The van der Waals surface area contributed by atoms with Crippen LogP contribution >= 0.6 is 0 Å². The molecule has 27 heavy (non-hydrogen) atoms. The van der Waals surface area contributed by atoms with Gasteiger partial charge in [-0.25, -0.2) is 0 Å². The Morgan fingerprint density at radius 1 is 0.481 bits per heavy atom. The SMILES string of the molecule is C1=[C]([Hf][C]2=Cc3cc4c(cc3C2)CCCC4)Cc2cc3c(cc21)CCCC3. The molecule has 0 unspecified atom stereocenters. The molecule has 0 atom stereocenters. The third-order valence-electron chi connectivity index (χ3n) is 6.95. The molecule has 0 aliphatic heterocycles. The molecule has 2 aromatic rings. The van der Waals surface area contributed by atoms with Crippen molar-refractivity contribution in [3.8, 4) is 0 Å². The molecule has 0 spiro atoms. The summed E-state index contributed by atoms with van der Waals surface area (Å²) in [5.74, 6) is 0. The van der Waals surface area contributed by atoms with Gasteiger partial charge in [0, 0.05) is 0 Å². The van der Waals surface area contributed by atoms with Crippen molar-refractivity contribution in [3.63, 3.8) is 0 Å². The van der Waals surface area contributed by atoms with E-state index in [4.69, 9.17) is 0 Å². The van der Waals surface area contributed by atoms with E-state index in [0.717, 1.165) is 0 Å². The first-order valence-electron chi connectivity index (χ1n) is 10.8. The van der Waals surface area contributed by atoms with E-state index in [1.165, 1.54) is 64.2 Å². The number of allylic oxidation sites excluding steroid dienone is 2. The van der Waals surface area contributed by atoms with Crippen LogP contribution in [0.15, 0.2) is 30.9 Å². The molecule has 4 aliphatic rings. The van der Waals surface area contributed by atoms with E-state index in [2.05, 4.69) is 36.4 Å². The Morgan fingerprint density at radius 3 is 1.33 bits per heavy atom. The molecular formula is C26H26Hf. The third-order valence-corrected chi connectivity index (χ3v) is 11.6. The van der Waals surface area contributed by atoms with Gasteiger partial charge in [-0.2, -0.15) is 0 Å². The van der Waals surface area contributed by atoms with Crippen molar-refractivity contribution in [2.24, 2.45) is 0 Å². The molecule has 0 saturated heterocycles. The topological polar surface area (TPSA) is 0 Å². The van der Waals surface area contributed by atoms with Gasteiger partial charge in [-0.3, -0.25) is 0 Å². The van der Waals surface area contributed by atoms with E-state index in [1.807, 2.05) is 6.66 Å². The molecular weight excluding hydrogens is 491 g/mol. The van der Waals surface area contributed by atoms with E-state index in [0.29, 0.717) is 0 Å². The van der Waals surface area contributed by atoms with Gasteiger partial charge in [-0.15, -0.1) is 0 Å². The van der Waals surface area contributed by atoms with Gasteiger partial charge in [0.25, 0.3) is 0 Å². The van der Waals surface area contributed by atoms with Crippen molar-refractivity contribution < 1.29 is 22.9 Å². The second-order valence-corrected chi connectivity index (χ2v) is 14.4. The van der Waals surface area contributed by atoms with E-state index in [-0.39, 0.29) is 0 Å². The first-order chi connectivity index (χ1) is 13.3. The van der Waals surface area contributed by atoms with Crippen LogP contribution in [0, 0.1) is 0 Å². The van der Waals surface area contributed by atoms with Gasteiger partial charge in [0.1, 0.15) is 0 Å². The van der Waals surface area contributed by atoms with Crippen LogP contribution in [0.5, 0.6) is 0 Å². The number of fused-ring (bicyclic) bond motifs is 4. The van der Waals surface area contributed by atoms with Crippen molar-refractivity contribution >= 4 is 12.2 Å². The van der Waals surface area contributed by atoms with Gasteiger partial charge in [0.15, 0.2) is 0 Å². The van der Waals surface area contributed by atoms with Crippen molar-refractivity contribution in [1.82, 2.24) is 0 Å². The fourth-order valence-corrected chi connectivity index (χ4v) is 10.7. The van der Waals surface area contributed by atoms with Crippen LogP contribution in [0.3, 0.4) is 0 Å². The predicted octanol–water partition coefficient (Wildman–Crippen LogP) is 6.02. The Bertz CT molecular complexity index is 924. The van der Waals surface area contributed by atoms with Crippen molar-refractivity contribution in [2.45, 2.75) is 64.2 Å². The van der Waals surface area contributed by atoms with Gasteiger partial charge in [-0.05, 0) is 0 Å². The average molecular weight is 517 g/mol. The molecule has 134 valence electrons. The van der Waals surface area contributed by atoms with Gasteiger partial charge in [0.2, 0.25) is 0 Å². The summed E-state index contributed by atoms with van der Waals surface area (Å²) in [4.78, 5) is 0. The second kappa shape index (κ2) is 6.69. The first kappa shape index (κ1) is 16.7. The molecule has 1 heteroatoms. The van der Waals surface area contributed by atoms with E-state index >= 15 is 0 Å². The predicted molar refractivity (Wildman–Crippen MR) is 110 cm³/mol. The van der Waals surface area contributed by atoms with Gasteiger partial charge >= 0.3 is 175 Å². The van der Waals surface area contributed by atoms with Crippen molar-refractivity contribution in [1.29, 1.82) is 0 Å². The zero-order valence-electron chi connectivity index (χ0n) is 16.0. The number of rotatable bonds is 2. The first-order valence-corrected chi connectivity index (χ1v) is 14.4. The van der Waals surface area contributed by atoms with Crippen LogP contribution in [0.1, 0.15) is 70.2 Å². The van der Waals surface area contributed by atoms with Crippen LogP contribution in [0.2, 0.25) is 0 Å². The van der Waals surface area contributed by atoms with Crippen LogP contribution in [0.4, 0.5) is 0 Å². The van der Waals surface area contributed by atoms with Gasteiger partial charge in [0.05, 0.1) is 0 Å². The van der Waals surface area contributed by atoms with Crippen LogP contribution in [-0.4, -0.2) is 0 Å². The Morgan fingerprint density at radius 2 is 0.889 bits per heavy atom. The molecule has 0 bridgehead atoms. The zero-order valence-corrected chi connectivity index (χ0v) is 19.6. The molecule has 0 aromatic heterocycles. The van der Waals surface area contributed by atoms with Gasteiger partial charge < -0.3 is 0 Å². The molecule has 4 aliphatic carbocycles. The quantitative estimate of drug-likeness (QED) is 0.428. The summed E-state index contributed by atoms with van der Waals surface area (Å²) >= 11 is -0.864. The molecule has 6 rings (SSSR count). The maximum absolute atomic E-state index is 2.59. The number of aryl methyl sites for hydroxylation is 4. The summed E-state index contributed by atoms with van der Waals surface area (Å²) in [7, 11) is 0. The summed E-state index contributed by atoms with van der Waals surface area (Å²) in [5.41, 5.74) is 13.0. The summed E-state index contributed by atoms with van der Waals surface area (Å²) in [5, 5.41) is 0. The summed E-state index contributed by atoms with van der Waals surface area (Å²) in [6, 6.07) is 10.2. The summed E-state index contributed by atoms with van der Waals surface area (Å²) in [6.45, 7) is 0. The minimum atomic E-state index is -0.864. The second-order valence-electron chi connectivity index (χ2n) is 8.87. The maximum atomic E-state index is 2.59. The molecule has 0 fully saturated rings. The van der Waals surface area contributed by atoms with Crippen LogP contribution in [0.25, 0.3) is 12.2 Å². The Labute approximate surface area is 174 Å². The zero-order chi connectivity index (χ0) is 17.8. The van der Waals surface area contributed by atoms with Crippen molar-refractivity contribution in [2.75, 3.05) is 0 Å². The Kier molecular flexibility index (Phi) is 4.14. The molecule has 2 aromatic carbocycles. The Hall–Kier alpha value is -1.21. The number of hydrogen-bond donors (Lipinski definition) is 0. The fraction of sp³-hybridized carbons (Fsp3) is 0.385. The van der Waals surface area contributed by atoms with Crippen LogP contribution in [-0.2, 0) is 61.4 Å². The monoisotopic (exact) mass is 518 g/mol. The van der Waals surface area contributed by atoms with E-state index in [1.54, 1.807) is 44.5 Å². The van der Waals surface area contributed by atoms with E-state index < -0.39 is 22.9 Å². The van der Waals surface area contributed by atoms with Crippen LogP contribution < -0.4 is 0 Å². The normalized spacial score (nSPS) is 19.6. The molecule has 0 saturated carbocycles. The molecule has 0 amide bonds.